The lowest BCUT2D eigenvalue weighted by Crippen LogP contribution is -2.30. The van der Waals surface area contributed by atoms with Gasteiger partial charge in [0.25, 0.3) is 0 Å². The molecule has 3 rings (SSSR count). The molecule has 1 aromatic carbocycles. The summed E-state index contributed by atoms with van der Waals surface area (Å²) < 4.78 is 24.0. The Morgan fingerprint density at radius 3 is 2.59 bits per heavy atom. The standard InChI is InChI=1S/C14H17O2S/c15-17(16)9-5-4-8-14(17)13-10-12(13)11-6-2-1-3-7-11/h1-4,6-7,12-14H,5,8-10H2/t12?,13-,14+/m1/s1. The first-order valence-electron chi connectivity index (χ1n) is 6.26. The first-order chi connectivity index (χ1) is 8.18. The summed E-state index contributed by atoms with van der Waals surface area (Å²) in [6.07, 6.45) is 4.69. The van der Waals surface area contributed by atoms with Crippen LogP contribution in [-0.2, 0) is 9.84 Å². The largest absolute Gasteiger partial charge is 0.229 e. The summed E-state index contributed by atoms with van der Waals surface area (Å²) in [6, 6.07) is 10.3. The first-order valence-corrected chi connectivity index (χ1v) is 7.98. The van der Waals surface area contributed by atoms with Crippen LogP contribution in [0.3, 0.4) is 0 Å². The molecular formula is C14H17O2S. The summed E-state index contributed by atoms with van der Waals surface area (Å²) in [5.41, 5.74) is 1.30. The molecule has 0 amide bonds. The molecule has 91 valence electrons. The van der Waals surface area contributed by atoms with Gasteiger partial charge in [0.1, 0.15) is 0 Å². The number of rotatable bonds is 2. The lowest BCUT2D eigenvalue weighted by Gasteiger charge is -2.22. The van der Waals surface area contributed by atoms with E-state index in [0.717, 1.165) is 19.3 Å². The highest BCUT2D eigenvalue weighted by Crippen LogP contribution is 2.53. The molecule has 1 saturated carbocycles. The molecule has 0 aromatic heterocycles. The van der Waals surface area contributed by atoms with E-state index in [9.17, 15) is 8.42 Å². The summed E-state index contributed by atoms with van der Waals surface area (Å²) in [7, 11) is -2.83. The average Bonchev–Trinajstić information content (AvgIpc) is 3.09. The van der Waals surface area contributed by atoms with E-state index in [1.165, 1.54) is 5.56 Å². The van der Waals surface area contributed by atoms with Gasteiger partial charge in [0.2, 0.25) is 0 Å². The molecule has 17 heavy (non-hydrogen) atoms. The Hall–Kier alpha value is -0.830. The van der Waals surface area contributed by atoms with Crippen molar-refractivity contribution in [3.63, 3.8) is 0 Å². The quantitative estimate of drug-likeness (QED) is 0.807. The normalized spacial score (nSPS) is 35.4. The topological polar surface area (TPSA) is 34.1 Å². The van der Waals surface area contributed by atoms with Crippen LogP contribution in [0.1, 0.15) is 30.7 Å². The van der Waals surface area contributed by atoms with Crippen LogP contribution in [0.2, 0.25) is 0 Å². The monoisotopic (exact) mass is 249 g/mol. The van der Waals surface area contributed by atoms with E-state index in [4.69, 9.17) is 0 Å². The number of hydrogen-bond donors (Lipinski definition) is 0. The predicted molar refractivity (Wildman–Crippen MR) is 68.4 cm³/mol. The lowest BCUT2D eigenvalue weighted by atomic mass is 10.0. The molecule has 1 aliphatic carbocycles. The van der Waals surface area contributed by atoms with Gasteiger partial charge in [0.05, 0.1) is 11.0 Å². The van der Waals surface area contributed by atoms with Gasteiger partial charge < -0.3 is 0 Å². The van der Waals surface area contributed by atoms with Crippen LogP contribution < -0.4 is 0 Å². The summed E-state index contributed by atoms with van der Waals surface area (Å²) >= 11 is 0. The molecule has 0 spiro atoms. The van der Waals surface area contributed by atoms with Gasteiger partial charge in [0, 0.05) is 0 Å². The highest BCUT2D eigenvalue weighted by atomic mass is 32.2. The van der Waals surface area contributed by atoms with E-state index in [1.807, 2.05) is 18.2 Å². The fourth-order valence-electron chi connectivity index (χ4n) is 2.98. The number of benzene rings is 1. The maximum absolute atomic E-state index is 12.0. The van der Waals surface area contributed by atoms with E-state index < -0.39 is 9.84 Å². The molecule has 2 aliphatic rings. The van der Waals surface area contributed by atoms with Crippen molar-refractivity contribution in [3.05, 3.63) is 42.3 Å². The predicted octanol–water partition coefficient (Wildman–Crippen LogP) is 2.57. The van der Waals surface area contributed by atoms with Crippen molar-refractivity contribution in [1.29, 1.82) is 0 Å². The maximum atomic E-state index is 12.0. The molecule has 0 bridgehead atoms. The van der Waals surface area contributed by atoms with Gasteiger partial charge in [-0.1, -0.05) is 30.3 Å². The van der Waals surface area contributed by atoms with Crippen molar-refractivity contribution in [2.45, 2.75) is 30.4 Å². The molecular weight excluding hydrogens is 232 g/mol. The van der Waals surface area contributed by atoms with E-state index in [1.54, 1.807) is 0 Å². The molecule has 1 saturated heterocycles. The Balaban J connectivity index is 1.76. The molecule has 0 N–H and O–H groups in total. The summed E-state index contributed by atoms with van der Waals surface area (Å²) in [5, 5.41) is -0.110. The molecule has 3 heteroatoms. The molecule has 1 unspecified atom stereocenters. The zero-order valence-corrected chi connectivity index (χ0v) is 10.6. The molecule has 1 heterocycles. The van der Waals surface area contributed by atoms with Crippen molar-refractivity contribution in [3.8, 4) is 0 Å². The molecule has 1 radical (unpaired) electrons. The number of hydrogen-bond acceptors (Lipinski definition) is 2. The van der Waals surface area contributed by atoms with Gasteiger partial charge in [-0.05, 0) is 43.1 Å². The molecule has 1 aromatic rings. The summed E-state index contributed by atoms with van der Waals surface area (Å²) in [6.45, 7) is 0. The van der Waals surface area contributed by atoms with Crippen molar-refractivity contribution >= 4 is 9.84 Å². The van der Waals surface area contributed by atoms with Crippen LogP contribution in [0.25, 0.3) is 0 Å². The minimum absolute atomic E-state index is 0.110. The average molecular weight is 249 g/mol. The molecule has 3 atom stereocenters. The zero-order valence-electron chi connectivity index (χ0n) is 9.75. The third-order valence-electron chi connectivity index (χ3n) is 4.01. The van der Waals surface area contributed by atoms with E-state index >= 15 is 0 Å². The van der Waals surface area contributed by atoms with Crippen LogP contribution in [-0.4, -0.2) is 19.4 Å². The fraction of sp³-hybridized carbons (Fsp3) is 0.500. The maximum Gasteiger partial charge on any atom is 0.153 e. The van der Waals surface area contributed by atoms with Crippen molar-refractivity contribution < 1.29 is 8.42 Å². The Labute approximate surface area is 103 Å². The Morgan fingerprint density at radius 1 is 1.12 bits per heavy atom. The zero-order chi connectivity index (χ0) is 11.9. The second-order valence-corrected chi connectivity index (χ2v) is 7.47. The van der Waals surface area contributed by atoms with Crippen LogP contribution in [0.5, 0.6) is 0 Å². The summed E-state index contributed by atoms with van der Waals surface area (Å²) in [4.78, 5) is 0. The molecule has 2 fully saturated rings. The minimum Gasteiger partial charge on any atom is -0.229 e. The highest BCUT2D eigenvalue weighted by Gasteiger charge is 2.49. The van der Waals surface area contributed by atoms with Gasteiger partial charge in [-0.2, -0.15) is 0 Å². The Kier molecular flexibility index (Phi) is 2.74. The highest BCUT2D eigenvalue weighted by molar-refractivity contribution is 7.92. The van der Waals surface area contributed by atoms with Crippen LogP contribution in [0, 0.1) is 12.3 Å². The second-order valence-electron chi connectivity index (χ2n) is 5.14. The number of sulfone groups is 1. The van der Waals surface area contributed by atoms with E-state index in [-0.39, 0.29) is 5.25 Å². The summed E-state index contributed by atoms with van der Waals surface area (Å²) in [5.74, 6) is 1.19. The van der Waals surface area contributed by atoms with Gasteiger partial charge in [0.15, 0.2) is 9.84 Å². The van der Waals surface area contributed by atoms with Gasteiger partial charge in [-0.15, -0.1) is 0 Å². The van der Waals surface area contributed by atoms with Gasteiger partial charge in [-0.3, -0.25) is 0 Å². The SMILES string of the molecule is O=S1(=O)CC[CH]C[C@H]1[C@@H]1CC1c1ccccc1. The first kappa shape index (κ1) is 11.3. The third kappa shape index (κ3) is 2.13. The minimum atomic E-state index is -2.83. The fourth-order valence-corrected chi connectivity index (χ4v) is 5.04. The third-order valence-corrected chi connectivity index (χ3v) is 6.28. The van der Waals surface area contributed by atoms with E-state index in [0.29, 0.717) is 17.6 Å². The molecule has 2 nitrogen and oxygen atoms in total. The van der Waals surface area contributed by atoms with Crippen LogP contribution in [0.15, 0.2) is 30.3 Å². The van der Waals surface area contributed by atoms with Gasteiger partial charge in [-0.25, -0.2) is 8.42 Å². The molecule has 1 aliphatic heterocycles. The van der Waals surface area contributed by atoms with Crippen LogP contribution in [0.4, 0.5) is 0 Å². The van der Waals surface area contributed by atoms with Crippen molar-refractivity contribution in [1.82, 2.24) is 0 Å². The lowest BCUT2D eigenvalue weighted by molar-refractivity contribution is 0.546. The Bertz CT molecular complexity index is 492. The Morgan fingerprint density at radius 2 is 1.88 bits per heavy atom. The van der Waals surface area contributed by atoms with Crippen molar-refractivity contribution in [2.24, 2.45) is 5.92 Å². The smallest absolute Gasteiger partial charge is 0.153 e. The van der Waals surface area contributed by atoms with Crippen molar-refractivity contribution in [2.75, 3.05) is 5.75 Å². The second kappa shape index (κ2) is 4.13. The van der Waals surface area contributed by atoms with Gasteiger partial charge >= 0.3 is 0 Å². The van der Waals surface area contributed by atoms with E-state index in [2.05, 4.69) is 18.6 Å². The van der Waals surface area contributed by atoms with Crippen LogP contribution >= 0.6 is 0 Å².